The molecular weight excluding hydrogens is 282 g/mol. The molecule has 0 bridgehead atoms. The second-order valence-corrected chi connectivity index (χ2v) is 5.44. The average Bonchev–Trinajstić information content (AvgIpc) is 2.82. The van der Waals surface area contributed by atoms with Crippen molar-refractivity contribution in [2.24, 2.45) is 0 Å². The number of carbonyl (C=O) groups excluding carboxylic acids is 2. The first-order valence-corrected chi connectivity index (χ1v) is 7.85. The lowest BCUT2D eigenvalue weighted by Gasteiger charge is -2.23. The fourth-order valence-electron chi connectivity index (χ4n) is 2.59. The molecule has 0 spiro atoms. The number of esters is 1. The van der Waals surface area contributed by atoms with Gasteiger partial charge in [-0.25, -0.2) is 9.59 Å². The van der Waals surface area contributed by atoms with E-state index in [0.29, 0.717) is 19.6 Å². The molecule has 0 N–H and O–H groups in total. The third-order valence-corrected chi connectivity index (χ3v) is 3.63. The topological polar surface area (TPSA) is 55.8 Å². The summed E-state index contributed by atoms with van der Waals surface area (Å²) < 4.78 is 10.6. The van der Waals surface area contributed by atoms with Gasteiger partial charge in [0.25, 0.3) is 0 Å². The number of rotatable bonds is 7. The number of ether oxygens (including phenoxy) is 2. The number of amides is 1. The van der Waals surface area contributed by atoms with Crippen LogP contribution in [0.4, 0.5) is 4.79 Å². The highest BCUT2D eigenvalue weighted by Crippen LogP contribution is 2.26. The number of cyclic esters (lactones) is 1. The molecule has 1 fully saturated rings. The van der Waals surface area contributed by atoms with Gasteiger partial charge in [-0.05, 0) is 18.4 Å². The van der Waals surface area contributed by atoms with Crippen LogP contribution in [-0.2, 0) is 20.8 Å². The second kappa shape index (κ2) is 7.82. The summed E-state index contributed by atoms with van der Waals surface area (Å²) >= 11 is 0. The van der Waals surface area contributed by atoms with Gasteiger partial charge in [-0.3, -0.25) is 4.90 Å². The molecular formula is C17H23NO4. The molecule has 2 atom stereocenters. The first-order chi connectivity index (χ1) is 10.7. The van der Waals surface area contributed by atoms with Crippen LogP contribution in [0.2, 0.25) is 0 Å². The van der Waals surface area contributed by atoms with E-state index in [0.717, 1.165) is 18.4 Å². The molecule has 0 saturated carbocycles. The van der Waals surface area contributed by atoms with E-state index in [2.05, 4.69) is 0 Å². The van der Waals surface area contributed by atoms with E-state index in [1.807, 2.05) is 44.2 Å². The molecule has 0 aromatic heterocycles. The molecule has 1 aliphatic rings. The molecule has 1 amide bonds. The zero-order chi connectivity index (χ0) is 15.9. The Morgan fingerprint density at radius 3 is 2.59 bits per heavy atom. The lowest BCUT2D eigenvalue weighted by Crippen LogP contribution is -2.43. The van der Waals surface area contributed by atoms with Gasteiger partial charge in [-0.1, -0.05) is 50.6 Å². The van der Waals surface area contributed by atoms with Crippen LogP contribution in [0.3, 0.4) is 0 Å². The van der Waals surface area contributed by atoms with Crippen molar-refractivity contribution in [1.82, 2.24) is 4.90 Å². The van der Waals surface area contributed by atoms with Crippen LogP contribution in [0, 0.1) is 0 Å². The summed E-state index contributed by atoms with van der Waals surface area (Å²) in [6, 6.07) is 8.93. The normalized spacial score (nSPS) is 20.8. The molecule has 0 unspecified atom stereocenters. The van der Waals surface area contributed by atoms with Crippen LogP contribution in [0.5, 0.6) is 0 Å². The summed E-state index contributed by atoms with van der Waals surface area (Å²) in [5.41, 5.74) is 0.963. The molecule has 1 aromatic carbocycles. The number of nitrogens with zero attached hydrogens (tertiary/aromatic N) is 1. The average molecular weight is 305 g/mol. The first-order valence-electron chi connectivity index (χ1n) is 7.85. The van der Waals surface area contributed by atoms with Crippen molar-refractivity contribution in [3.8, 4) is 0 Å². The van der Waals surface area contributed by atoms with E-state index < -0.39 is 18.2 Å². The zero-order valence-corrected chi connectivity index (χ0v) is 13.2. The lowest BCUT2D eigenvalue weighted by atomic mass is 10.1. The van der Waals surface area contributed by atoms with Gasteiger partial charge in [-0.15, -0.1) is 0 Å². The maximum absolute atomic E-state index is 12.3. The molecule has 0 aliphatic carbocycles. The lowest BCUT2D eigenvalue weighted by molar-refractivity contribution is -0.150. The first kappa shape index (κ1) is 16.3. The molecule has 2 rings (SSSR count). The maximum Gasteiger partial charge on any atom is 0.411 e. The van der Waals surface area contributed by atoms with Crippen LogP contribution < -0.4 is 0 Å². The minimum absolute atomic E-state index is 0.353. The Hall–Kier alpha value is -2.04. The highest BCUT2D eigenvalue weighted by atomic mass is 16.6. The molecule has 1 heterocycles. The molecule has 22 heavy (non-hydrogen) atoms. The van der Waals surface area contributed by atoms with E-state index in [1.54, 1.807) is 0 Å². The Balaban J connectivity index is 2.16. The third kappa shape index (κ3) is 3.78. The van der Waals surface area contributed by atoms with Gasteiger partial charge in [0.1, 0.15) is 6.10 Å². The molecule has 120 valence electrons. The molecule has 5 nitrogen and oxygen atoms in total. The Bertz CT molecular complexity index is 503. The van der Waals surface area contributed by atoms with Crippen LogP contribution in [0.25, 0.3) is 0 Å². The van der Waals surface area contributed by atoms with Crippen molar-refractivity contribution in [3.05, 3.63) is 35.9 Å². The summed E-state index contributed by atoms with van der Waals surface area (Å²) in [4.78, 5) is 26.0. The molecule has 1 aromatic rings. The summed E-state index contributed by atoms with van der Waals surface area (Å²) in [6.45, 7) is 4.66. The highest BCUT2D eigenvalue weighted by molar-refractivity contribution is 5.85. The summed E-state index contributed by atoms with van der Waals surface area (Å²) in [5, 5.41) is 0. The van der Waals surface area contributed by atoms with Crippen molar-refractivity contribution in [3.63, 3.8) is 0 Å². The standard InChI is InChI=1S/C17H23NO4/c1-3-8-14-15(16(19)21-11-4-2)18(17(20)22-14)12-13-9-6-5-7-10-13/h5-7,9-10,14-15H,3-4,8,11-12H2,1-2H3/t14-,15+/m0/s1. The number of carbonyl (C=O) groups is 2. The summed E-state index contributed by atoms with van der Waals surface area (Å²) in [5.74, 6) is -0.373. The number of hydrogen-bond acceptors (Lipinski definition) is 4. The van der Waals surface area contributed by atoms with Gasteiger partial charge in [0.05, 0.1) is 13.2 Å². The van der Waals surface area contributed by atoms with Gasteiger partial charge in [-0.2, -0.15) is 0 Å². The predicted octanol–water partition coefficient (Wildman–Crippen LogP) is 3.13. The van der Waals surface area contributed by atoms with E-state index in [9.17, 15) is 9.59 Å². The minimum Gasteiger partial charge on any atom is -0.464 e. The van der Waals surface area contributed by atoms with E-state index >= 15 is 0 Å². The Morgan fingerprint density at radius 2 is 1.95 bits per heavy atom. The van der Waals surface area contributed by atoms with Gasteiger partial charge >= 0.3 is 12.1 Å². The third-order valence-electron chi connectivity index (χ3n) is 3.63. The SMILES string of the molecule is CCCOC(=O)[C@H]1[C@H](CCC)OC(=O)N1Cc1ccccc1. The largest absolute Gasteiger partial charge is 0.464 e. The maximum atomic E-state index is 12.3. The van der Waals surface area contributed by atoms with Crippen molar-refractivity contribution in [2.45, 2.75) is 51.8 Å². The smallest absolute Gasteiger partial charge is 0.411 e. The van der Waals surface area contributed by atoms with E-state index in [1.165, 1.54) is 4.90 Å². The Morgan fingerprint density at radius 1 is 1.23 bits per heavy atom. The van der Waals surface area contributed by atoms with Crippen molar-refractivity contribution in [1.29, 1.82) is 0 Å². The number of hydrogen-bond donors (Lipinski definition) is 0. The van der Waals surface area contributed by atoms with Crippen LogP contribution in [0.1, 0.15) is 38.7 Å². The van der Waals surface area contributed by atoms with Crippen LogP contribution in [-0.4, -0.2) is 35.7 Å². The quantitative estimate of drug-likeness (QED) is 0.726. The fraction of sp³-hybridized carbons (Fsp3) is 0.529. The molecule has 0 radical (unpaired) electrons. The predicted molar refractivity (Wildman–Crippen MR) is 82.2 cm³/mol. The van der Waals surface area contributed by atoms with Crippen LogP contribution >= 0.6 is 0 Å². The van der Waals surface area contributed by atoms with Crippen molar-refractivity contribution >= 4 is 12.1 Å². The second-order valence-electron chi connectivity index (χ2n) is 5.44. The van der Waals surface area contributed by atoms with Gasteiger partial charge < -0.3 is 9.47 Å². The van der Waals surface area contributed by atoms with Crippen LogP contribution in [0.15, 0.2) is 30.3 Å². The van der Waals surface area contributed by atoms with E-state index in [4.69, 9.17) is 9.47 Å². The fourth-order valence-corrected chi connectivity index (χ4v) is 2.59. The van der Waals surface area contributed by atoms with Crippen molar-refractivity contribution in [2.75, 3.05) is 6.61 Å². The Kier molecular flexibility index (Phi) is 5.81. The zero-order valence-electron chi connectivity index (χ0n) is 13.2. The Labute approximate surface area is 131 Å². The van der Waals surface area contributed by atoms with Gasteiger partial charge in [0.2, 0.25) is 0 Å². The molecule has 1 saturated heterocycles. The number of benzene rings is 1. The van der Waals surface area contributed by atoms with Gasteiger partial charge in [0, 0.05) is 0 Å². The summed E-state index contributed by atoms with van der Waals surface area (Å²) in [7, 11) is 0. The van der Waals surface area contributed by atoms with Crippen molar-refractivity contribution < 1.29 is 19.1 Å². The monoisotopic (exact) mass is 305 g/mol. The summed E-state index contributed by atoms with van der Waals surface area (Å²) in [6.07, 6.45) is 1.38. The highest BCUT2D eigenvalue weighted by Gasteiger charge is 2.46. The molecule has 5 heteroatoms. The minimum atomic E-state index is -0.654. The molecule has 1 aliphatic heterocycles. The van der Waals surface area contributed by atoms with Gasteiger partial charge in [0.15, 0.2) is 6.04 Å². The van der Waals surface area contributed by atoms with E-state index in [-0.39, 0.29) is 5.97 Å².